The van der Waals surface area contributed by atoms with Crippen LogP contribution in [-0.4, -0.2) is 23.2 Å². The van der Waals surface area contributed by atoms with E-state index < -0.39 is 0 Å². The number of halogens is 1. The summed E-state index contributed by atoms with van der Waals surface area (Å²) in [4.78, 5) is 8.21. The second-order valence-electron chi connectivity index (χ2n) is 4.33. The van der Waals surface area contributed by atoms with E-state index in [2.05, 4.69) is 16.5 Å². The highest BCUT2D eigenvalue weighted by atomic mass is 35.5. The van der Waals surface area contributed by atoms with E-state index in [-0.39, 0.29) is 5.28 Å². The van der Waals surface area contributed by atoms with Crippen LogP contribution < -0.4 is 0 Å². The van der Waals surface area contributed by atoms with Gasteiger partial charge in [0.05, 0.1) is 18.9 Å². The van der Waals surface area contributed by atoms with E-state index in [1.54, 1.807) is 6.07 Å². The van der Waals surface area contributed by atoms with Crippen molar-refractivity contribution in [3.63, 3.8) is 0 Å². The number of rotatable bonds is 7. The maximum atomic E-state index is 5.87. The summed E-state index contributed by atoms with van der Waals surface area (Å²) in [6, 6.07) is 1.80. The van der Waals surface area contributed by atoms with Crippen molar-refractivity contribution in [1.82, 2.24) is 9.97 Å². The molecule has 1 aliphatic carbocycles. The van der Waals surface area contributed by atoms with Gasteiger partial charge in [0.2, 0.25) is 5.28 Å². The second-order valence-corrected chi connectivity index (χ2v) is 4.67. The van der Waals surface area contributed by atoms with Crippen LogP contribution in [0, 0.1) is 5.92 Å². The molecule has 1 heterocycles. The van der Waals surface area contributed by atoms with Crippen LogP contribution in [0.1, 0.15) is 31.2 Å². The van der Waals surface area contributed by atoms with Crippen molar-refractivity contribution in [3.05, 3.63) is 29.3 Å². The first-order valence-electron chi connectivity index (χ1n) is 6.12. The summed E-state index contributed by atoms with van der Waals surface area (Å²) in [5.41, 5.74) is 1.37. The van der Waals surface area contributed by atoms with E-state index in [1.807, 2.05) is 6.92 Å². The van der Waals surface area contributed by atoms with Crippen molar-refractivity contribution < 1.29 is 9.47 Å². The molecule has 4 nitrogen and oxygen atoms in total. The molecule has 1 aliphatic rings. The summed E-state index contributed by atoms with van der Waals surface area (Å²) < 4.78 is 10.9. The summed E-state index contributed by atoms with van der Waals surface area (Å²) in [5.74, 6) is 1.24. The van der Waals surface area contributed by atoms with E-state index in [0.29, 0.717) is 24.7 Å². The monoisotopic (exact) mass is 268 g/mol. The minimum absolute atomic E-state index is 0.193. The first kappa shape index (κ1) is 13.3. The van der Waals surface area contributed by atoms with Crippen LogP contribution in [0.2, 0.25) is 5.28 Å². The van der Waals surface area contributed by atoms with Gasteiger partial charge in [0, 0.05) is 6.61 Å². The lowest BCUT2D eigenvalue weighted by molar-refractivity contribution is 0.108. The number of aromatic nitrogens is 2. The lowest BCUT2D eigenvalue weighted by atomic mass is 10.3. The predicted octanol–water partition coefficient (Wildman–Crippen LogP) is 3.06. The number of hydrogen-bond donors (Lipinski definition) is 0. The summed E-state index contributed by atoms with van der Waals surface area (Å²) in [6.45, 7) is 7.49. The third-order valence-corrected chi connectivity index (χ3v) is 2.83. The van der Waals surface area contributed by atoms with Crippen LogP contribution in [0.3, 0.4) is 0 Å². The Balaban J connectivity index is 1.97. The van der Waals surface area contributed by atoms with Crippen LogP contribution in [0.4, 0.5) is 0 Å². The maximum Gasteiger partial charge on any atom is 0.223 e. The molecule has 1 fully saturated rings. The van der Waals surface area contributed by atoms with E-state index in [1.165, 1.54) is 12.8 Å². The van der Waals surface area contributed by atoms with Crippen molar-refractivity contribution in [2.24, 2.45) is 5.92 Å². The Morgan fingerprint density at radius 3 is 2.94 bits per heavy atom. The van der Waals surface area contributed by atoms with Crippen molar-refractivity contribution in [2.45, 2.75) is 26.4 Å². The molecule has 98 valence electrons. The molecule has 0 atom stereocenters. The summed E-state index contributed by atoms with van der Waals surface area (Å²) in [6.07, 6.45) is 2.55. The van der Waals surface area contributed by atoms with Gasteiger partial charge >= 0.3 is 0 Å². The highest BCUT2D eigenvalue weighted by Crippen LogP contribution is 2.29. The molecular formula is C13H17ClN2O2. The average molecular weight is 269 g/mol. The lowest BCUT2D eigenvalue weighted by Crippen LogP contribution is -2.03. The molecule has 0 unspecified atom stereocenters. The van der Waals surface area contributed by atoms with E-state index in [4.69, 9.17) is 21.1 Å². The van der Waals surface area contributed by atoms with Gasteiger partial charge in [-0.3, -0.25) is 0 Å². The van der Waals surface area contributed by atoms with Crippen molar-refractivity contribution >= 4 is 17.4 Å². The van der Waals surface area contributed by atoms with E-state index in [0.717, 1.165) is 18.2 Å². The third kappa shape index (κ3) is 3.96. The van der Waals surface area contributed by atoms with Crippen molar-refractivity contribution in [1.29, 1.82) is 0 Å². The van der Waals surface area contributed by atoms with Gasteiger partial charge in [-0.15, -0.1) is 0 Å². The third-order valence-electron chi connectivity index (χ3n) is 2.66. The first-order chi connectivity index (χ1) is 8.69. The van der Waals surface area contributed by atoms with Crippen molar-refractivity contribution in [3.8, 4) is 0 Å². The van der Waals surface area contributed by atoms with Gasteiger partial charge in [-0.1, -0.05) is 6.58 Å². The molecule has 0 aliphatic heterocycles. The Hall–Kier alpha value is -1.13. The summed E-state index contributed by atoms with van der Waals surface area (Å²) in [7, 11) is 0. The standard InChI is InChI=1S/C13H17ClN2O2/c1-3-18-9(2)12-6-11(15-13(14)16-12)8-17-7-10-4-5-10/h6,10H,2-5,7-8H2,1H3. The van der Waals surface area contributed by atoms with Gasteiger partial charge < -0.3 is 9.47 Å². The van der Waals surface area contributed by atoms with Crippen LogP contribution in [0.25, 0.3) is 5.76 Å². The quantitative estimate of drug-likeness (QED) is 0.563. The molecule has 0 amide bonds. The zero-order valence-electron chi connectivity index (χ0n) is 10.5. The minimum atomic E-state index is 0.193. The number of nitrogens with zero attached hydrogens (tertiary/aromatic N) is 2. The van der Waals surface area contributed by atoms with Gasteiger partial charge in [0.25, 0.3) is 0 Å². The average Bonchev–Trinajstić information content (AvgIpc) is 3.13. The predicted molar refractivity (Wildman–Crippen MR) is 70.1 cm³/mol. The molecule has 0 aromatic carbocycles. The highest BCUT2D eigenvalue weighted by molar-refractivity contribution is 6.28. The topological polar surface area (TPSA) is 44.2 Å². The molecule has 2 rings (SSSR count). The fourth-order valence-electron chi connectivity index (χ4n) is 1.54. The fraction of sp³-hybridized carbons (Fsp3) is 0.538. The van der Waals surface area contributed by atoms with Crippen LogP contribution in [0.5, 0.6) is 0 Å². The molecule has 5 heteroatoms. The Kier molecular flexibility index (Phi) is 4.55. The highest BCUT2D eigenvalue weighted by Gasteiger charge is 2.21. The molecule has 1 aromatic rings. The van der Waals surface area contributed by atoms with Gasteiger partial charge in [-0.05, 0) is 43.4 Å². The molecule has 18 heavy (non-hydrogen) atoms. The molecule has 0 radical (unpaired) electrons. The zero-order valence-corrected chi connectivity index (χ0v) is 11.2. The van der Waals surface area contributed by atoms with Crippen LogP contribution >= 0.6 is 11.6 Å². The molecule has 1 aromatic heterocycles. The Bertz CT molecular complexity index is 433. The second kappa shape index (κ2) is 6.16. The lowest BCUT2D eigenvalue weighted by Gasteiger charge is -2.08. The van der Waals surface area contributed by atoms with Gasteiger partial charge in [0.1, 0.15) is 11.5 Å². The number of ether oxygens (including phenoxy) is 2. The molecule has 0 N–H and O–H groups in total. The van der Waals surface area contributed by atoms with Crippen LogP contribution in [0.15, 0.2) is 12.6 Å². The molecule has 1 saturated carbocycles. The Morgan fingerprint density at radius 1 is 1.50 bits per heavy atom. The van der Waals surface area contributed by atoms with Gasteiger partial charge in [-0.25, -0.2) is 9.97 Å². The van der Waals surface area contributed by atoms with E-state index in [9.17, 15) is 0 Å². The normalized spacial score (nSPS) is 14.6. The minimum Gasteiger partial charge on any atom is -0.492 e. The zero-order chi connectivity index (χ0) is 13.0. The van der Waals surface area contributed by atoms with E-state index >= 15 is 0 Å². The molecule has 0 saturated heterocycles. The SMILES string of the molecule is C=C(OCC)c1cc(COCC2CC2)nc(Cl)n1. The fourth-order valence-corrected chi connectivity index (χ4v) is 1.74. The molecular weight excluding hydrogens is 252 g/mol. The number of hydrogen-bond acceptors (Lipinski definition) is 4. The molecule has 0 spiro atoms. The largest absolute Gasteiger partial charge is 0.492 e. The Morgan fingerprint density at radius 2 is 2.28 bits per heavy atom. The summed E-state index contributed by atoms with van der Waals surface area (Å²) >= 11 is 5.87. The maximum absolute atomic E-state index is 5.87. The first-order valence-corrected chi connectivity index (χ1v) is 6.50. The van der Waals surface area contributed by atoms with Crippen LogP contribution in [-0.2, 0) is 16.1 Å². The molecule has 0 bridgehead atoms. The summed E-state index contributed by atoms with van der Waals surface area (Å²) in [5, 5.41) is 0.193. The van der Waals surface area contributed by atoms with Crippen molar-refractivity contribution in [2.75, 3.05) is 13.2 Å². The Labute approximate surface area is 112 Å². The van der Waals surface area contributed by atoms with Gasteiger partial charge in [-0.2, -0.15) is 0 Å². The smallest absolute Gasteiger partial charge is 0.223 e. The van der Waals surface area contributed by atoms with Gasteiger partial charge in [0.15, 0.2) is 0 Å².